The van der Waals surface area contributed by atoms with Crippen LogP contribution in [0, 0.1) is 0 Å². The van der Waals surface area contributed by atoms with Crippen molar-refractivity contribution in [3.63, 3.8) is 0 Å². The molecule has 0 bridgehead atoms. The number of hydrogen-bond acceptors (Lipinski definition) is 1. The molecule has 0 unspecified atom stereocenters. The molecule has 0 amide bonds. The van der Waals surface area contributed by atoms with Crippen LogP contribution in [0.5, 0.6) is 0 Å². The van der Waals surface area contributed by atoms with E-state index in [2.05, 4.69) is 0 Å². The van der Waals surface area contributed by atoms with E-state index in [-0.39, 0.29) is 70.6 Å². The molecule has 0 saturated carbocycles. The Morgan fingerprint density at radius 3 is 1.67 bits per heavy atom. The first-order valence-electron chi connectivity index (χ1n) is 1.52. The van der Waals surface area contributed by atoms with Gasteiger partial charge < -0.3 is 5.11 Å². The molecule has 0 aromatic heterocycles. The summed E-state index contributed by atoms with van der Waals surface area (Å²) in [7, 11) is 0. The van der Waals surface area contributed by atoms with Crippen LogP contribution in [0.25, 0.3) is 0 Å². The van der Waals surface area contributed by atoms with Crippen molar-refractivity contribution in [2.45, 2.75) is 13.3 Å². The molecule has 34 valence electrons. The van der Waals surface area contributed by atoms with Crippen LogP contribution >= 0.6 is 0 Å². The zero-order chi connectivity index (χ0) is 3.41. The Morgan fingerprint density at radius 2 is 1.67 bits per heavy atom. The van der Waals surface area contributed by atoms with Crippen molar-refractivity contribution in [1.82, 2.24) is 0 Å². The summed E-state index contributed by atoms with van der Waals surface area (Å²) in [5.74, 6) is 0. The minimum absolute atomic E-state index is 0. The largest absolute Gasteiger partial charge is 0 e. The van der Waals surface area contributed by atoms with E-state index in [1.807, 2.05) is 6.92 Å². The molecule has 1 N–H and O–H groups in total. The van der Waals surface area contributed by atoms with Gasteiger partial charge in [0.2, 0.25) is 0 Å². The maximum Gasteiger partial charge on any atom is 0 e. The van der Waals surface area contributed by atoms with Gasteiger partial charge in [-0.3, -0.25) is 0 Å². The fourth-order valence-corrected chi connectivity index (χ4v) is 0. The molecule has 0 spiro atoms. The Bertz CT molecular complexity index is 12.8. The third kappa shape index (κ3) is 16.3. The van der Waals surface area contributed by atoms with Crippen molar-refractivity contribution in [3.05, 3.63) is 0 Å². The van der Waals surface area contributed by atoms with Crippen LogP contribution in [-0.2, 0) is 21.7 Å². The number of aliphatic hydroxyl groups excluding tert-OH is 1. The van der Waals surface area contributed by atoms with Gasteiger partial charge in [0.25, 0.3) is 0 Å². The molecule has 0 radical (unpaired) electrons. The van der Waals surface area contributed by atoms with Gasteiger partial charge in [0, 0.05) is 28.3 Å². The molecule has 0 rings (SSSR count). The minimum atomic E-state index is 0. The van der Waals surface area contributed by atoms with Crippen LogP contribution in [0.3, 0.4) is 0 Å². The predicted octanol–water partition coefficient (Wildman–Crippen LogP) is -0.530. The van der Waals surface area contributed by atoms with Crippen molar-refractivity contribution < 1.29 is 26.8 Å². The van der Waals surface area contributed by atoms with Gasteiger partial charge in [0.15, 0.2) is 0 Å². The second-order valence-electron chi connectivity index (χ2n) is 0.724. The van der Waals surface area contributed by atoms with Crippen LogP contribution in [0.4, 0.5) is 0 Å². The van der Waals surface area contributed by atoms with Gasteiger partial charge in [-0.05, 0) is 6.42 Å². The molecular weight excluding hydrogens is 237 g/mol. The minimum Gasteiger partial charge on any atom is 0 e. The number of aliphatic hydroxyl groups is 1. The first kappa shape index (κ1) is 15.7. The van der Waals surface area contributed by atoms with E-state index in [0.29, 0.717) is 6.61 Å². The van der Waals surface area contributed by atoms with E-state index in [9.17, 15) is 0 Å². The van der Waals surface area contributed by atoms with Gasteiger partial charge in [-0.2, -0.15) is 0 Å². The van der Waals surface area contributed by atoms with E-state index in [0.717, 1.165) is 6.42 Å². The molecule has 0 aromatic carbocycles. The van der Waals surface area contributed by atoms with Crippen molar-refractivity contribution in [1.29, 1.82) is 0 Å². The average Bonchev–Trinajstić information content (AvgIpc) is 1.37. The molecule has 1 nitrogen and oxygen atoms in total. The first-order chi connectivity index (χ1) is 1.91. The zero-order valence-corrected chi connectivity index (χ0v) is 4.92. The van der Waals surface area contributed by atoms with Crippen LogP contribution < -0.4 is 0 Å². The summed E-state index contributed by atoms with van der Waals surface area (Å²) < 4.78 is 0. The van der Waals surface area contributed by atoms with Crippen LogP contribution in [-0.4, -0.2) is 60.6 Å². The molecule has 0 fully saturated rings. The summed E-state index contributed by atoms with van der Waals surface area (Å²) in [6.07, 6.45) is 0.875. The fourth-order valence-electron chi connectivity index (χ4n) is 0. The first-order valence-corrected chi connectivity index (χ1v) is 1.52. The summed E-state index contributed by atoms with van der Waals surface area (Å²) in [6, 6.07) is 0. The summed E-state index contributed by atoms with van der Waals surface area (Å²) in [4.78, 5) is 0. The van der Waals surface area contributed by atoms with E-state index in [1.165, 1.54) is 0 Å². The SMILES string of the molecule is CCCO.[BaH2].[Ti]. The van der Waals surface area contributed by atoms with Crippen LogP contribution in [0.1, 0.15) is 13.3 Å². The van der Waals surface area contributed by atoms with Gasteiger partial charge in [-0.15, -0.1) is 0 Å². The monoisotopic (exact) mass is 248 g/mol. The zero-order valence-electron chi connectivity index (χ0n) is 3.36. The maximum atomic E-state index is 7.88. The van der Waals surface area contributed by atoms with Gasteiger partial charge in [-0.25, -0.2) is 0 Å². The van der Waals surface area contributed by atoms with Crippen LogP contribution in [0.15, 0.2) is 0 Å². The summed E-state index contributed by atoms with van der Waals surface area (Å²) in [5.41, 5.74) is 0. The fraction of sp³-hybridized carbons (Fsp3) is 1.00. The Labute approximate surface area is 93.8 Å². The second kappa shape index (κ2) is 15.7. The quantitative estimate of drug-likeness (QED) is 0.618. The van der Waals surface area contributed by atoms with E-state index in [4.69, 9.17) is 5.11 Å². The van der Waals surface area contributed by atoms with Crippen molar-refractivity contribution >= 4 is 48.9 Å². The molecule has 0 aromatic rings. The average molecular weight is 247 g/mol. The van der Waals surface area contributed by atoms with E-state index >= 15 is 0 Å². The molecule has 0 atom stereocenters. The second-order valence-corrected chi connectivity index (χ2v) is 0.724. The van der Waals surface area contributed by atoms with Gasteiger partial charge >= 0.3 is 48.9 Å². The Balaban J connectivity index is -0.0000000450. The molecule has 0 aliphatic carbocycles. The van der Waals surface area contributed by atoms with E-state index in [1.54, 1.807) is 0 Å². The maximum absolute atomic E-state index is 7.88. The Morgan fingerprint density at radius 1 is 1.50 bits per heavy atom. The number of hydrogen-bond donors (Lipinski definition) is 1. The third-order valence-corrected chi connectivity index (χ3v) is 0.224. The van der Waals surface area contributed by atoms with Crippen LogP contribution in [0.2, 0.25) is 0 Å². The normalized spacial score (nSPS) is 5.00. The van der Waals surface area contributed by atoms with Gasteiger partial charge in [0.1, 0.15) is 0 Å². The van der Waals surface area contributed by atoms with Crippen molar-refractivity contribution in [2.75, 3.05) is 6.61 Å². The molecule has 6 heavy (non-hydrogen) atoms. The Hall–Kier alpha value is 2.25. The summed E-state index contributed by atoms with van der Waals surface area (Å²) in [5, 5.41) is 7.88. The van der Waals surface area contributed by atoms with Gasteiger partial charge in [-0.1, -0.05) is 6.92 Å². The Kier molecular flexibility index (Phi) is 41.1. The van der Waals surface area contributed by atoms with E-state index < -0.39 is 0 Å². The summed E-state index contributed by atoms with van der Waals surface area (Å²) in [6.45, 7) is 2.25. The standard InChI is InChI=1S/C3H8O.Ba.Ti.2H/c1-2-3-4;;;;/h4H,2-3H2,1H3;;;;. The smallest absolute Gasteiger partial charge is 0 e. The molecule has 0 heterocycles. The van der Waals surface area contributed by atoms with Gasteiger partial charge in [0.05, 0.1) is 0 Å². The van der Waals surface area contributed by atoms with Crippen molar-refractivity contribution in [2.24, 2.45) is 0 Å². The molecule has 0 aliphatic rings. The van der Waals surface area contributed by atoms with Crippen molar-refractivity contribution in [3.8, 4) is 0 Å². The summed E-state index contributed by atoms with van der Waals surface area (Å²) >= 11 is 0. The topological polar surface area (TPSA) is 20.2 Å². The molecule has 3 heteroatoms. The third-order valence-electron chi connectivity index (χ3n) is 0.224. The number of rotatable bonds is 1. The molecular formula is C3H10BaOTi. The molecule has 0 aliphatic heterocycles. The molecule has 0 saturated heterocycles. The predicted molar refractivity (Wildman–Crippen MR) is 25.9 cm³/mol.